The highest BCUT2D eigenvalue weighted by molar-refractivity contribution is 6.05. The summed E-state index contributed by atoms with van der Waals surface area (Å²) in [6, 6.07) is -2.99. The van der Waals surface area contributed by atoms with Crippen LogP contribution in [0.3, 0.4) is 0 Å². The Kier molecular flexibility index (Phi) is 19.3. The van der Waals surface area contributed by atoms with Crippen LogP contribution in [0, 0.1) is 11.8 Å². The molecular weight excluding hydrogens is 778 g/mol. The molecule has 19 nitrogen and oxygen atoms in total. The van der Waals surface area contributed by atoms with Crippen molar-refractivity contribution in [3.05, 3.63) is 24.3 Å². The van der Waals surface area contributed by atoms with Crippen LogP contribution in [0.25, 0.3) is 0 Å². The molecule has 3 saturated heterocycles. The molecule has 4 rings (SSSR count). The number of amides is 4. The van der Waals surface area contributed by atoms with Gasteiger partial charge in [0.05, 0.1) is 24.7 Å². The highest BCUT2D eigenvalue weighted by atomic mass is 16.8. The summed E-state index contributed by atoms with van der Waals surface area (Å²) >= 11 is 0. The Labute approximate surface area is 344 Å². The lowest BCUT2D eigenvalue weighted by molar-refractivity contribution is -0.346. The molecule has 0 aliphatic carbocycles. The molecule has 0 saturated carbocycles. The largest absolute Gasteiger partial charge is 0.394 e. The Balaban J connectivity index is 1.43. The first-order chi connectivity index (χ1) is 28.1. The minimum Gasteiger partial charge on any atom is -0.394 e. The third-order valence-electron chi connectivity index (χ3n) is 11.6. The van der Waals surface area contributed by atoms with Crippen LogP contribution in [0.5, 0.6) is 0 Å². The van der Waals surface area contributed by atoms with Gasteiger partial charge in [-0.2, -0.15) is 0 Å². The van der Waals surface area contributed by atoms with E-state index in [2.05, 4.69) is 29.8 Å². The summed E-state index contributed by atoms with van der Waals surface area (Å²) < 4.78 is 23.4. The number of allylic oxidation sites excluding steroid dienone is 1. The number of unbranched alkanes of at least 4 members (excludes halogenated alkanes) is 7. The molecule has 17 atom stereocenters. The second-order valence-corrected chi connectivity index (χ2v) is 16.2. The van der Waals surface area contributed by atoms with Crippen LogP contribution < -0.4 is 16.0 Å². The third-order valence-corrected chi connectivity index (χ3v) is 11.6. The van der Waals surface area contributed by atoms with E-state index >= 15 is 0 Å². The number of imide groups is 1. The molecule has 0 spiro atoms. The van der Waals surface area contributed by atoms with Crippen molar-refractivity contribution in [1.82, 2.24) is 16.0 Å². The van der Waals surface area contributed by atoms with Crippen LogP contribution in [0.4, 0.5) is 0 Å². The van der Waals surface area contributed by atoms with Crippen LogP contribution in [-0.4, -0.2) is 163 Å². The number of ether oxygens (including phenoxy) is 4. The molecule has 4 aliphatic rings. The highest BCUT2D eigenvalue weighted by Crippen LogP contribution is 2.34. The van der Waals surface area contributed by atoms with Crippen LogP contribution in [-0.2, 0) is 38.1 Å². The molecule has 4 heterocycles. The van der Waals surface area contributed by atoms with Crippen molar-refractivity contribution >= 4 is 23.6 Å². The van der Waals surface area contributed by atoms with E-state index in [0.717, 1.165) is 44.6 Å². The number of aliphatic hydroxyl groups is 8. The lowest BCUT2D eigenvalue weighted by Crippen LogP contribution is -2.68. The molecule has 0 aromatic rings. The summed E-state index contributed by atoms with van der Waals surface area (Å²) in [4.78, 5) is 49.2. The second kappa shape index (κ2) is 23.3. The fourth-order valence-electron chi connectivity index (χ4n) is 7.86. The fourth-order valence-corrected chi connectivity index (χ4v) is 7.86. The number of hydrogen-bond acceptors (Lipinski definition) is 16. The number of hydrogen-bond donors (Lipinski definition) is 11. The normalized spacial score (nSPS) is 37.3. The van der Waals surface area contributed by atoms with Crippen molar-refractivity contribution in [1.29, 1.82) is 0 Å². The van der Waals surface area contributed by atoms with Gasteiger partial charge < -0.3 is 70.4 Å². The minimum atomic E-state index is -1.85. The smallest absolute Gasteiger partial charge is 0.250 e. The van der Waals surface area contributed by atoms with Gasteiger partial charge in [-0.3, -0.25) is 24.5 Å². The van der Waals surface area contributed by atoms with E-state index in [1.807, 2.05) is 0 Å². The van der Waals surface area contributed by atoms with E-state index in [4.69, 9.17) is 18.9 Å². The Morgan fingerprint density at radius 2 is 1.42 bits per heavy atom. The van der Waals surface area contributed by atoms with Crippen LogP contribution in [0.15, 0.2) is 24.3 Å². The first-order valence-electron chi connectivity index (χ1n) is 20.8. The molecule has 3 fully saturated rings. The first kappa shape index (κ1) is 48.7. The van der Waals surface area contributed by atoms with E-state index in [-0.39, 0.29) is 0 Å². The van der Waals surface area contributed by atoms with Crippen LogP contribution in [0.2, 0.25) is 0 Å². The quantitative estimate of drug-likeness (QED) is 0.0340. The Bertz CT molecular complexity index is 1440. The van der Waals surface area contributed by atoms with E-state index < -0.39 is 134 Å². The number of nitrogens with one attached hydrogen (secondary N) is 3. The van der Waals surface area contributed by atoms with Crippen molar-refractivity contribution in [2.75, 3.05) is 6.61 Å². The average molecular weight is 844 g/mol. The zero-order valence-electron chi connectivity index (χ0n) is 34.0. The lowest BCUT2D eigenvalue weighted by Gasteiger charge is -2.47. The Morgan fingerprint density at radius 3 is 2.03 bits per heavy atom. The summed E-state index contributed by atoms with van der Waals surface area (Å²) in [5.74, 6) is -3.24. The topological polar surface area (TPSA) is 303 Å². The van der Waals surface area contributed by atoms with Gasteiger partial charge in [-0.15, -0.1) is 0 Å². The van der Waals surface area contributed by atoms with Gasteiger partial charge in [-0.25, -0.2) is 0 Å². The van der Waals surface area contributed by atoms with Crippen LogP contribution >= 0.6 is 0 Å². The second-order valence-electron chi connectivity index (χ2n) is 16.2. The monoisotopic (exact) mass is 843 g/mol. The maximum atomic E-state index is 13.2. The summed E-state index contributed by atoms with van der Waals surface area (Å²) in [6.07, 6.45) is -6.03. The zero-order valence-corrected chi connectivity index (χ0v) is 34.0. The molecule has 0 aromatic carbocycles. The predicted molar refractivity (Wildman–Crippen MR) is 206 cm³/mol. The molecule has 336 valence electrons. The molecule has 11 N–H and O–H groups in total. The van der Waals surface area contributed by atoms with Gasteiger partial charge in [0.15, 0.2) is 12.6 Å². The summed E-state index contributed by atoms with van der Waals surface area (Å²) in [7, 11) is 0. The highest BCUT2D eigenvalue weighted by Gasteiger charge is 2.54. The van der Waals surface area contributed by atoms with Gasteiger partial charge in [0.2, 0.25) is 23.6 Å². The maximum Gasteiger partial charge on any atom is 0.250 e. The standard InChI is InChI=1S/C40H65N3O16/c1-4-20(2)14-12-10-8-6-5-7-9-11-13-15-26(47)42-29-33(52)30(49)24(56-40(29)59-39-28(41-21(3)45)32(51)31(50)25(19-44)57-39)18-23(46)37-35(54)34(53)36(58-37)22-16-17-27(48)43-38(22)55/h13,15-17,20,22-25,28-37,39-40,44,46,49-54H,4-12,14,18-19H2,1-3H3,(H,41,45)(H,42,47)(H,43,48,55)/b15-13+/t20?,22?,23-,24-,25-,28-,29-,30+,31-,32-,33-,34+,35?,36+,37-,39-,40?/m1/s1. The molecule has 0 aromatic heterocycles. The van der Waals surface area contributed by atoms with E-state index in [1.54, 1.807) is 6.08 Å². The van der Waals surface area contributed by atoms with Crippen molar-refractivity contribution in [2.45, 2.75) is 183 Å². The maximum absolute atomic E-state index is 13.2. The SMILES string of the molecule is CCC(C)CCCCCCCCC/C=C/C(=O)N[C@H]1C(O[C@H]2O[C@H](CO)[C@@H](O)[C@H](O)[C@H]2NC(C)=O)O[C@H](C[C@@H](O)[C@H]2O[C@@H](C3C=CC(=O)NC3=O)[C@@H](O)C2O)[C@H](O)[C@@H]1O. The summed E-state index contributed by atoms with van der Waals surface area (Å²) in [5.41, 5.74) is 0. The van der Waals surface area contributed by atoms with Crippen molar-refractivity contribution in [3.63, 3.8) is 0 Å². The number of carbonyl (C=O) groups excluding carboxylic acids is 4. The lowest BCUT2D eigenvalue weighted by atomic mass is 9.90. The molecular formula is C40H65N3O16. The van der Waals surface area contributed by atoms with Gasteiger partial charge in [-0.05, 0) is 24.8 Å². The van der Waals surface area contributed by atoms with Crippen molar-refractivity contribution in [3.8, 4) is 0 Å². The van der Waals surface area contributed by atoms with Gasteiger partial charge in [0, 0.05) is 19.4 Å². The third kappa shape index (κ3) is 13.3. The Morgan fingerprint density at radius 1 is 0.831 bits per heavy atom. The molecule has 19 heteroatoms. The van der Waals surface area contributed by atoms with E-state index in [1.165, 1.54) is 44.3 Å². The van der Waals surface area contributed by atoms with Crippen molar-refractivity contribution < 1.29 is 79.0 Å². The molecule has 0 radical (unpaired) electrons. The summed E-state index contributed by atoms with van der Waals surface area (Å²) in [5, 5.41) is 93.6. The predicted octanol–water partition coefficient (Wildman–Crippen LogP) is -1.94. The number of aliphatic hydroxyl groups excluding tert-OH is 8. The zero-order chi connectivity index (χ0) is 43.4. The van der Waals surface area contributed by atoms with Crippen molar-refractivity contribution in [2.24, 2.45) is 11.8 Å². The fraction of sp³-hybridized carbons (Fsp3) is 0.800. The van der Waals surface area contributed by atoms with Gasteiger partial charge in [-0.1, -0.05) is 77.4 Å². The van der Waals surface area contributed by atoms with E-state index in [0.29, 0.717) is 6.42 Å². The van der Waals surface area contributed by atoms with Gasteiger partial charge in [0.1, 0.15) is 67.0 Å². The van der Waals surface area contributed by atoms with Gasteiger partial charge >= 0.3 is 0 Å². The number of carbonyl (C=O) groups is 4. The minimum absolute atomic E-state index is 0.579. The molecule has 4 amide bonds. The average Bonchev–Trinajstić information content (AvgIpc) is 3.49. The molecule has 4 aliphatic heterocycles. The van der Waals surface area contributed by atoms with Gasteiger partial charge in [0.25, 0.3) is 0 Å². The molecule has 0 bridgehead atoms. The van der Waals surface area contributed by atoms with Crippen LogP contribution in [0.1, 0.15) is 91.4 Å². The molecule has 59 heavy (non-hydrogen) atoms. The molecule has 4 unspecified atom stereocenters. The first-order valence-corrected chi connectivity index (χ1v) is 20.8. The summed E-state index contributed by atoms with van der Waals surface area (Å²) in [6.45, 7) is 4.84. The Hall–Kier alpha value is -2.92. The van der Waals surface area contributed by atoms with E-state index in [9.17, 15) is 60.0 Å². The number of rotatable bonds is 21.